The molecule has 1 aliphatic carbocycles. The van der Waals surface area contributed by atoms with Crippen LogP contribution in [0.1, 0.15) is 27.2 Å². The second-order valence-corrected chi connectivity index (χ2v) is 6.04. The van der Waals surface area contributed by atoms with Crippen molar-refractivity contribution in [2.24, 2.45) is 23.5 Å². The molecule has 2 aliphatic heterocycles. The number of carbonyl (C=O) groups is 1. The maximum absolute atomic E-state index is 11.8. The van der Waals surface area contributed by atoms with Crippen LogP contribution in [-0.2, 0) is 4.74 Å². The van der Waals surface area contributed by atoms with Gasteiger partial charge in [-0.15, -0.1) is 0 Å². The summed E-state index contributed by atoms with van der Waals surface area (Å²) in [5.41, 5.74) is 5.32. The topological polar surface area (TPSA) is 55.6 Å². The van der Waals surface area contributed by atoms with Crippen molar-refractivity contribution < 1.29 is 9.53 Å². The summed E-state index contributed by atoms with van der Waals surface area (Å²) in [6.45, 7) is 8.12. The van der Waals surface area contributed by atoms with Crippen LogP contribution in [0.25, 0.3) is 0 Å². The van der Waals surface area contributed by atoms with Gasteiger partial charge in [0.05, 0.1) is 0 Å². The van der Waals surface area contributed by atoms with E-state index in [4.69, 9.17) is 10.5 Å². The van der Waals surface area contributed by atoms with Crippen molar-refractivity contribution in [2.75, 3.05) is 19.6 Å². The highest BCUT2D eigenvalue weighted by atomic mass is 16.6. The molecule has 2 heterocycles. The molecule has 0 spiro atoms. The van der Waals surface area contributed by atoms with Crippen molar-refractivity contribution in [1.29, 1.82) is 0 Å². The van der Waals surface area contributed by atoms with Crippen molar-refractivity contribution in [1.82, 2.24) is 4.90 Å². The number of amides is 1. The van der Waals surface area contributed by atoms with Crippen LogP contribution in [0.3, 0.4) is 0 Å². The molecule has 16 heavy (non-hydrogen) atoms. The van der Waals surface area contributed by atoms with Gasteiger partial charge in [-0.1, -0.05) is 0 Å². The van der Waals surface area contributed by atoms with Crippen LogP contribution in [0.5, 0.6) is 0 Å². The molecule has 0 aromatic heterocycles. The van der Waals surface area contributed by atoms with Gasteiger partial charge >= 0.3 is 6.09 Å². The number of nitrogens with two attached hydrogens (primary N) is 1. The van der Waals surface area contributed by atoms with Crippen molar-refractivity contribution >= 4 is 6.09 Å². The molecule has 0 aromatic carbocycles. The van der Waals surface area contributed by atoms with Crippen LogP contribution < -0.4 is 5.73 Å². The summed E-state index contributed by atoms with van der Waals surface area (Å²) in [5.74, 6) is 1.85. The Labute approximate surface area is 97.1 Å². The third-order valence-electron chi connectivity index (χ3n) is 3.65. The Balaban J connectivity index is 1.88. The summed E-state index contributed by atoms with van der Waals surface area (Å²) in [5, 5.41) is 0. The zero-order valence-corrected chi connectivity index (χ0v) is 10.4. The summed E-state index contributed by atoms with van der Waals surface area (Å²) in [4.78, 5) is 13.7. The van der Waals surface area contributed by atoms with E-state index in [2.05, 4.69) is 0 Å². The number of hydrogen-bond acceptors (Lipinski definition) is 3. The van der Waals surface area contributed by atoms with Crippen LogP contribution in [-0.4, -0.2) is 36.2 Å². The summed E-state index contributed by atoms with van der Waals surface area (Å²) in [6, 6.07) is 0. The van der Waals surface area contributed by atoms with Gasteiger partial charge in [0.25, 0.3) is 0 Å². The monoisotopic (exact) mass is 226 g/mol. The molecule has 2 atom stereocenters. The number of ether oxygens (including phenoxy) is 1. The first-order valence-corrected chi connectivity index (χ1v) is 6.08. The first-order valence-electron chi connectivity index (χ1n) is 6.08. The molecule has 2 N–H and O–H groups in total. The molecule has 2 saturated heterocycles. The highest BCUT2D eigenvalue weighted by Crippen LogP contribution is 2.44. The number of carbonyl (C=O) groups excluding carboxylic acids is 1. The summed E-state index contributed by atoms with van der Waals surface area (Å²) >= 11 is 0. The molecule has 3 fully saturated rings. The SMILES string of the molecule is CC(C)(C)OC(=O)N1CC2CC(C1)C2CN. The maximum Gasteiger partial charge on any atom is 0.410 e. The fourth-order valence-electron chi connectivity index (χ4n) is 2.85. The Bertz CT molecular complexity index is 273. The van der Waals surface area contributed by atoms with E-state index in [0.717, 1.165) is 19.6 Å². The normalized spacial score (nSPS) is 33.2. The van der Waals surface area contributed by atoms with Gasteiger partial charge in [0.1, 0.15) is 5.60 Å². The van der Waals surface area contributed by atoms with Gasteiger partial charge in [0, 0.05) is 13.1 Å². The maximum atomic E-state index is 11.8. The smallest absolute Gasteiger partial charge is 0.410 e. The van der Waals surface area contributed by atoms with E-state index in [9.17, 15) is 4.79 Å². The van der Waals surface area contributed by atoms with E-state index in [1.165, 1.54) is 6.42 Å². The number of hydrogen-bond donors (Lipinski definition) is 1. The molecule has 2 unspecified atom stereocenters. The first-order chi connectivity index (χ1) is 7.40. The largest absolute Gasteiger partial charge is 0.444 e. The number of piperidine rings is 2. The lowest BCUT2D eigenvalue weighted by molar-refractivity contribution is -0.0506. The summed E-state index contributed by atoms with van der Waals surface area (Å²) in [6.07, 6.45) is 1.07. The quantitative estimate of drug-likeness (QED) is 0.736. The van der Waals surface area contributed by atoms with E-state index >= 15 is 0 Å². The third-order valence-corrected chi connectivity index (χ3v) is 3.65. The fourth-order valence-corrected chi connectivity index (χ4v) is 2.85. The number of fused-ring (bicyclic) bond motifs is 2. The lowest BCUT2D eigenvalue weighted by Gasteiger charge is -2.53. The van der Waals surface area contributed by atoms with Crippen molar-refractivity contribution in [2.45, 2.75) is 32.8 Å². The standard InChI is InChI=1S/C12H22N2O2/c1-12(2,3)16-11(15)14-6-8-4-9(7-14)10(8)5-13/h8-10H,4-7,13H2,1-3H3. The predicted octanol–water partition coefficient (Wildman–Crippen LogP) is 1.45. The molecule has 3 aliphatic rings. The molecule has 4 heteroatoms. The molecule has 2 bridgehead atoms. The lowest BCUT2D eigenvalue weighted by Crippen LogP contribution is -2.59. The van der Waals surface area contributed by atoms with Gasteiger partial charge in [-0.3, -0.25) is 0 Å². The molecule has 1 amide bonds. The van der Waals surface area contributed by atoms with Crippen LogP contribution in [0.4, 0.5) is 4.79 Å². The minimum Gasteiger partial charge on any atom is -0.444 e. The third kappa shape index (κ3) is 2.17. The van der Waals surface area contributed by atoms with Crippen LogP contribution in [0.2, 0.25) is 0 Å². The van der Waals surface area contributed by atoms with Gasteiger partial charge in [-0.25, -0.2) is 4.79 Å². The highest BCUT2D eigenvalue weighted by Gasteiger charge is 2.47. The Morgan fingerprint density at radius 3 is 2.38 bits per heavy atom. The van der Waals surface area contributed by atoms with Crippen LogP contribution in [0.15, 0.2) is 0 Å². The average Bonchev–Trinajstić information content (AvgIpc) is 2.16. The highest BCUT2D eigenvalue weighted by molar-refractivity contribution is 5.68. The van der Waals surface area contributed by atoms with E-state index in [-0.39, 0.29) is 6.09 Å². The molecular weight excluding hydrogens is 204 g/mol. The second-order valence-electron chi connectivity index (χ2n) is 6.04. The van der Waals surface area contributed by atoms with Gasteiger partial charge in [-0.2, -0.15) is 0 Å². The predicted molar refractivity (Wildman–Crippen MR) is 61.9 cm³/mol. The average molecular weight is 226 g/mol. The van der Waals surface area contributed by atoms with Crippen molar-refractivity contribution in [3.63, 3.8) is 0 Å². The molecular formula is C12H22N2O2. The minimum absolute atomic E-state index is 0.169. The fraction of sp³-hybridized carbons (Fsp3) is 0.917. The number of nitrogens with zero attached hydrogens (tertiary/aromatic N) is 1. The molecule has 92 valence electrons. The molecule has 4 nitrogen and oxygen atoms in total. The molecule has 0 radical (unpaired) electrons. The number of rotatable bonds is 1. The Hall–Kier alpha value is -0.770. The zero-order chi connectivity index (χ0) is 11.9. The molecule has 1 saturated carbocycles. The van der Waals surface area contributed by atoms with Gasteiger partial charge in [-0.05, 0) is 51.5 Å². The summed E-state index contributed by atoms with van der Waals surface area (Å²) in [7, 11) is 0. The second kappa shape index (κ2) is 3.91. The van der Waals surface area contributed by atoms with Crippen molar-refractivity contribution in [3.05, 3.63) is 0 Å². The van der Waals surface area contributed by atoms with Gasteiger partial charge in [0.2, 0.25) is 0 Å². The van der Waals surface area contributed by atoms with Crippen LogP contribution in [0, 0.1) is 17.8 Å². The zero-order valence-electron chi connectivity index (χ0n) is 10.4. The Kier molecular flexibility index (Phi) is 2.86. The van der Waals surface area contributed by atoms with E-state index in [1.54, 1.807) is 0 Å². The van der Waals surface area contributed by atoms with E-state index in [0.29, 0.717) is 17.8 Å². The van der Waals surface area contributed by atoms with E-state index in [1.807, 2.05) is 25.7 Å². The molecule has 0 aromatic rings. The summed E-state index contributed by atoms with van der Waals surface area (Å²) < 4.78 is 5.37. The van der Waals surface area contributed by atoms with Gasteiger partial charge < -0.3 is 15.4 Å². The van der Waals surface area contributed by atoms with E-state index < -0.39 is 5.60 Å². The Morgan fingerprint density at radius 2 is 1.94 bits per heavy atom. The molecule has 3 rings (SSSR count). The van der Waals surface area contributed by atoms with Gasteiger partial charge in [0.15, 0.2) is 0 Å². The first kappa shape index (κ1) is 11.7. The lowest BCUT2D eigenvalue weighted by atomic mass is 9.62. The van der Waals surface area contributed by atoms with Crippen LogP contribution >= 0.6 is 0 Å². The Morgan fingerprint density at radius 1 is 1.38 bits per heavy atom. The minimum atomic E-state index is -0.397. The van der Waals surface area contributed by atoms with Crippen molar-refractivity contribution in [3.8, 4) is 0 Å².